The van der Waals surface area contributed by atoms with Gasteiger partial charge in [-0.3, -0.25) is 5.32 Å². The lowest BCUT2D eigenvalue weighted by Gasteiger charge is -1.99. The minimum atomic E-state index is 1.09. The summed E-state index contributed by atoms with van der Waals surface area (Å²) < 4.78 is 0. The molecule has 0 spiro atoms. The van der Waals surface area contributed by atoms with E-state index in [-0.39, 0.29) is 0 Å². The van der Waals surface area contributed by atoms with Crippen molar-refractivity contribution in [2.75, 3.05) is 18.8 Å². The summed E-state index contributed by atoms with van der Waals surface area (Å²) in [6, 6.07) is 0. The van der Waals surface area contributed by atoms with Crippen molar-refractivity contribution < 1.29 is 0 Å². The van der Waals surface area contributed by atoms with Gasteiger partial charge in [0.2, 0.25) is 0 Å². The van der Waals surface area contributed by atoms with E-state index in [1.807, 2.05) is 11.8 Å². The van der Waals surface area contributed by atoms with Crippen LogP contribution in [0, 0.1) is 5.75 Å². The molecule has 6 heavy (non-hydrogen) atoms. The Kier molecular flexibility index (Phi) is 1.71. The molecule has 1 heterocycles. The van der Waals surface area contributed by atoms with Crippen LogP contribution in [0.25, 0.3) is 0 Å². The molecule has 1 saturated heterocycles. The molecule has 0 atom stereocenters. The Morgan fingerprint density at radius 3 is 2.83 bits per heavy atom. The van der Waals surface area contributed by atoms with Crippen LogP contribution in [-0.2, 0) is 0 Å². The molecule has 1 N–H and O–H groups in total. The fourth-order valence-corrected chi connectivity index (χ4v) is 1.10. The van der Waals surface area contributed by atoms with Gasteiger partial charge in [0, 0.05) is 6.54 Å². The number of nitrogens with one attached hydrogen (secondary N) is 1. The maximum atomic E-state index is 3.21. The molecule has 0 aromatic rings. The zero-order chi connectivity index (χ0) is 4.24. The van der Waals surface area contributed by atoms with E-state index in [0.29, 0.717) is 0 Å². The fraction of sp³-hybridized carbons (Fsp3) is 0.750. The van der Waals surface area contributed by atoms with Gasteiger partial charge in [0.1, 0.15) is 0 Å². The van der Waals surface area contributed by atoms with Crippen molar-refractivity contribution in [1.29, 1.82) is 0 Å². The summed E-state index contributed by atoms with van der Waals surface area (Å²) in [6.45, 7) is 2.27. The van der Waals surface area contributed by atoms with Crippen molar-refractivity contribution in [3.63, 3.8) is 0 Å². The van der Waals surface area contributed by atoms with Crippen LogP contribution in [0.4, 0.5) is 0 Å². The van der Waals surface area contributed by atoms with Gasteiger partial charge >= 0.3 is 0 Å². The highest BCUT2D eigenvalue weighted by molar-refractivity contribution is 8.01. The predicted molar refractivity (Wildman–Crippen MR) is 29.6 cm³/mol. The van der Waals surface area contributed by atoms with E-state index in [9.17, 15) is 0 Å². The summed E-state index contributed by atoms with van der Waals surface area (Å²) in [7, 11) is 0. The molecule has 1 fully saturated rings. The van der Waals surface area contributed by atoms with E-state index < -0.39 is 0 Å². The summed E-state index contributed by atoms with van der Waals surface area (Å²) >= 11 is 1.91. The SMILES string of the molecule is [CH+]1CNCCS1. The highest BCUT2D eigenvalue weighted by Gasteiger charge is 2.04. The lowest BCUT2D eigenvalue weighted by molar-refractivity contribution is 0.784. The van der Waals surface area contributed by atoms with E-state index in [1.54, 1.807) is 0 Å². The average Bonchev–Trinajstić information content (AvgIpc) is 1.72. The van der Waals surface area contributed by atoms with Gasteiger partial charge < -0.3 is 0 Å². The first kappa shape index (κ1) is 4.34. The molecule has 2 heteroatoms. The molecule has 0 aromatic carbocycles. The first-order valence-corrected chi connectivity index (χ1v) is 3.19. The Labute approximate surface area is 42.5 Å². The van der Waals surface area contributed by atoms with Crippen LogP contribution < -0.4 is 5.32 Å². The molecule has 34 valence electrons. The van der Waals surface area contributed by atoms with E-state index in [2.05, 4.69) is 11.1 Å². The Bertz CT molecular complexity index is 23.0. The van der Waals surface area contributed by atoms with Crippen molar-refractivity contribution in [3.8, 4) is 0 Å². The summed E-state index contributed by atoms with van der Waals surface area (Å²) in [5.74, 6) is 3.45. The molecule has 0 aliphatic carbocycles. The van der Waals surface area contributed by atoms with Crippen LogP contribution >= 0.6 is 11.8 Å². The van der Waals surface area contributed by atoms with Crippen LogP contribution in [0.1, 0.15) is 0 Å². The quantitative estimate of drug-likeness (QED) is 0.447. The Morgan fingerprint density at radius 1 is 1.67 bits per heavy atom. The second-order valence-corrected chi connectivity index (χ2v) is 2.32. The molecular weight excluding hydrogens is 94.1 g/mol. The molecule has 0 amide bonds. The van der Waals surface area contributed by atoms with Crippen LogP contribution in [0.5, 0.6) is 0 Å². The average molecular weight is 102 g/mol. The number of thioether (sulfide) groups is 1. The molecule has 0 aromatic heterocycles. The monoisotopic (exact) mass is 102 g/mol. The van der Waals surface area contributed by atoms with Crippen molar-refractivity contribution in [1.82, 2.24) is 5.32 Å². The molecule has 1 aliphatic heterocycles. The Morgan fingerprint density at radius 2 is 2.67 bits per heavy atom. The van der Waals surface area contributed by atoms with Crippen molar-refractivity contribution >= 4 is 11.8 Å². The normalized spacial score (nSPS) is 22.7. The highest BCUT2D eigenvalue weighted by atomic mass is 32.2. The zero-order valence-corrected chi connectivity index (χ0v) is 4.42. The third-order valence-corrected chi connectivity index (χ3v) is 1.58. The Hall–Kier alpha value is 0.180. The summed E-state index contributed by atoms with van der Waals surface area (Å²) in [5.41, 5.74) is 0. The minimum Gasteiger partial charge on any atom is -0.277 e. The van der Waals surface area contributed by atoms with Crippen molar-refractivity contribution in [2.24, 2.45) is 0 Å². The Balaban J connectivity index is 2.00. The first-order valence-electron chi connectivity index (χ1n) is 2.14. The second kappa shape index (κ2) is 2.37. The van der Waals surface area contributed by atoms with Gasteiger partial charge in [-0.1, -0.05) is 0 Å². The van der Waals surface area contributed by atoms with E-state index in [1.165, 1.54) is 12.3 Å². The molecule has 0 bridgehead atoms. The molecule has 1 aliphatic rings. The highest BCUT2D eigenvalue weighted by Crippen LogP contribution is 2.05. The van der Waals surface area contributed by atoms with Gasteiger partial charge in [0.15, 0.2) is 12.3 Å². The smallest absolute Gasteiger partial charge is 0.157 e. The van der Waals surface area contributed by atoms with E-state index in [0.717, 1.165) is 6.54 Å². The van der Waals surface area contributed by atoms with Crippen LogP contribution in [0.15, 0.2) is 0 Å². The molecule has 1 nitrogen and oxygen atoms in total. The minimum absolute atomic E-state index is 1.09. The fourth-order valence-electron chi connectivity index (χ4n) is 0.434. The lowest BCUT2D eigenvalue weighted by Crippen LogP contribution is -2.22. The number of rotatable bonds is 0. The molecule has 0 unspecified atom stereocenters. The van der Waals surface area contributed by atoms with Gasteiger partial charge in [0.05, 0.1) is 17.5 Å². The van der Waals surface area contributed by atoms with Gasteiger partial charge in [0.25, 0.3) is 0 Å². The van der Waals surface area contributed by atoms with Crippen LogP contribution in [-0.4, -0.2) is 18.8 Å². The second-order valence-electron chi connectivity index (χ2n) is 1.24. The molecule has 1 rings (SSSR count). The maximum Gasteiger partial charge on any atom is 0.157 e. The third-order valence-electron chi connectivity index (χ3n) is 0.742. The van der Waals surface area contributed by atoms with Crippen molar-refractivity contribution in [3.05, 3.63) is 5.75 Å². The molecular formula is C4H8NS+. The van der Waals surface area contributed by atoms with Gasteiger partial charge in [-0.2, -0.15) is 0 Å². The van der Waals surface area contributed by atoms with Crippen LogP contribution in [0.3, 0.4) is 0 Å². The van der Waals surface area contributed by atoms with Crippen LogP contribution in [0.2, 0.25) is 0 Å². The predicted octanol–water partition coefficient (Wildman–Crippen LogP) is 0.485. The number of hydrogen-bond donors (Lipinski definition) is 1. The van der Waals surface area contributed by atoms with Gasteiger partial charge in [-0.25, -0.2) is 0 Å². The summed E-state index contributed by atoms with van der Waals surface area (Å²) in [6.07, 6.45) is 0. The largest absolute Gasteiger partial charge is 0.277 e. The lowest BCUT2D eigenvalue weighted by atomic mass is 10.6. The maximum absolute atomic E-state index is 3.21. The third kappa shape index (κ3) is 1.11. The first-order chi connectivity index (χ1) is 3.00. The molecule has 0 saturated carbocycles. The van der Waals surface area contributed by atoms with Crippen molar-refractivity contribution in [2.45, 2.75) is 0 Å². The summed E-state index contributed by atoms with van der Waals surface area (Å²) in [4.78, 5) is 0. The number of hydrogen-bond acceptors (Lipinski definition) is 2. The van der Waals surface area contributed by atoms with Gasteiger partial charge in [-0.05, 0) is 0 Å². The standard InChI is InChI=1S/C4H8NS/c1-3-6-4-2-5-1/h3,5H,1-2,4H2/q+1. The van der Waals surface area contributed by atoms with E-state index >= 15 is 0 Å². The topological polar surface area (TPSA) is 12.0 Å². The van der Waals surface area contributed by atoms with Gasteiger partial charge in [-0.15, -0.1) is 0 Å². The zero-order valence-electron chi connectivity index (χ0n) is 3.61. The van der Waals surface area contributed by atoms with E-state index in [4.69, 9.17) is 0 Å². The molecule has 0 radical (unpaired) electrons. The summed E-state index contributed by atoms with van der Waals surface area (Å²) in [5, 5.41) is 3.21.